The van der Waals surface area contributed by atoms with Crippen LogP contribution in [0.5, 0.6) is 0 Å². The van der Waals surface area contributed by atoms with Gasteiger partial charge in [0.25, 0.3) is 5.91 Å². The summed E-state index contributed by atoms with van der Waals surface area (Å²) >= 11 is 7.23. The quantitative estimate of drug-likeness (QED) is 0.661. The molecule has 1 aromatic rings. The number of nitrogens with two attached hydrogens (primary N) is 1. The van der Waals surface area contributed by atoms with Crippen molar-refractivity contribution in [1.29, 1.82) is 0 Å². The van der Waals surface area contributed by atoms with E-state index in [1.165, 1.54) is 11.8 Å². The summed E-state index contributed by atoms with van der Waals surface area (Å²) in [6.45, 7) is 3.83. The van der Waals surface area contributed by atoms with Gasteiger partial charge in [0.1, 0.15) is 23.2 Å². The average molecular weight is 396 g/mol. The zero-order chi connectivity index (χ0) is 19.2. The Hall–Kier alpha value is -2.03. The number of hydrogen-bond acceptors (Lipinski definition) is 5. The summed E-state index contributed by atoms with van der Waals surface area (Å²) < 4.78 is 0. The summed E-state index contributed by atoms with van der Waals surface area (Å²) in [5.41, 5.74) is 8.47. The number of hydrogen-bond donors (Lipinski definition) is 3. The first-order valence-electron chi connectivity index (χ1n) is 7.91. The molecular formula is C17H18ClN3O4S. The van der Waals surface area contributed by atoms with E-state index in [1.54, 1.807) is 0 Å². The van der Waals surface area contributed by atoms with E-state index < -0.39 is 35.2 Å². The second kappa shape index (κ2) is 6.94. The minimum Gasteiger partial charge on any atom is -0.477 e. The van der Waals surface area contributed by atoms with Gasteiger partial charge in [0.2, 0.25) is 5.91 Å². The van der Waals surface area contributed by atoms with Gasteiger partial charge in [-0.2, -0.15) is 0 Å². The number of carboxylic acids is 1. The molecule has 3 atom stereocenters. The van der Waals surface area contributed by atoms with Crippen molar-refractivity contribution in [2.24, 2.45) is 5.73 Å². The second-order valence-electron chi connectivity index (χ2n) is 6.35. The number of aryl methyl sites for hydroxylation is 2. The normalized spacial score (nSPS) is 23.2. The van der Waals surface area contributed by atoms with Crippen LogP contribution in [-0.4, -0.2) is 45.0 Å². The van der Waals surface area contributed by atoms with Gasteiger partial charge in [-0.25, -0.2) is 4.79 Å². The van der Waals surface area contributed by atoms with Crippen molar-refractivity contribution in [3.63, 3.8) is 0 Å². The van der Waals surface area contributed by atoms with E-state index in [9.17, 15) is 19.5 Å². The Morgan fingerprint density at radius 2 is 1.96 bits per heavy atom. The van der Waals surface area contributed by atoms with Crippen molar-refractivity contribution >= 4 is 41.1 Å². The maximum atomic E-state index is 12.5. The number of nitrogens with zero attached hydrogens (tertiary/aromatic N) is 1. The number of β-lactam (4-membered cyclic amide) rings is 1. The van der Waals surface area contributed by atoms with Gasteiger partial charge in [-0.15, -0.1) is 11.8 Å². The second-order valence-corrected chi connectivity index (χ2v) is 7.91. The highest BCUT2D eigenvalue weighted by Crippen LogP contribution is 2.41. The Labute approximate surface area is 159 Å². The smallest absolute Gasteiger partial charge is 0.353 e. The molecule has 2 unspecified atom stereocenters. The van der Waals surface area contributed by atoms with E-state index in [0.717, 1.165) is 16.0 Å². The summed E-state index contributed by atoms with van der Waals surface area (Å²) in [6, 6.07) is 3.90. The molecule has 9 heteroatoms. The summed E-state index contributed by atoms with van der Waals surface area (Å²) in [5, 5.41) is 11.5. The molecule has 3 rings (SSSR count). The summed E-state index contributed by atoms with van der Waals surface area (Å²) in [4.78, 5) is 37.3. The number of carbonyl (C=O) groups is 3. The lowest BCUT2D eigenvalue weighted by molar-refractivity contribution is -0.150. The van der Waals surface area contributed by atoms with E-state index in [-0.39, 0.29) is 16.5 Å². The van der Waals surface area contributed by atoms with Crippen LogP contribution in [0.2, 0.25) is 0 Å². The highest BCUT2D eigenvalue weighted by molar-refractivity contribution is 8.00. The lowest BCUT2D eigenvalue weighted by Crippen LogP contribution is -2.70. The first-order valence-corrected chi connectivity index (χ1v) is 9.34. The fourth-order valence-corrected chi connectivity index (χ4v) is 4.72. The van der Waals surface area contributed by atoms with Gasteiger partial charge in [-0.3, -0.25) is 14.5 Å². The van der Waals surface area contributed by atoms with Gasteiger partial charge in [0.15, 0.2) is 0 Å². The van der Waals surface area contributed by atoms with Gasteiger partial charge in [0, 0.05) is 5.75 Å². The fourth-order valence-electron chi connectivity index (χ4n) is 3.17. The van der Waals surface area contributed by atoms with Crippen molar-refractivity contribution < 1.29 is 19.5 Å². The van der Waals surface area contributed by atoms with E-state index in [0.29, 0.717) is 5.56 Å². The number of amides is 2. The number of aliphatic carboxylic acids is 1. The van der Waals surface area contributed by atoms with Crippen LogP contribution in [0, 0.1) is 13.8 Å². The molecule has 2 aliphatic rings. The van der Waals surface area contributed by atoms with E-state index in [4.69, 9.17) is 17.3 Å². The van der Waals surface area contributed by atoms with E-state index in [2.05, 4.69) is 5.32 Å². The van der Waals surface area contributed by atoms with Crippen molar-refractivity contribution in [3.8, 4) is 0 Å². The first kappa shape index (κ1) is 18.8. The number of nitrogens with one attached hydrogen (secondary N) is 1. The molecular weight excluding hydrogens is 378 g/mol. The minimum atomic E-state index is -1.26. The number of rotatable bonds is 4. The molecule has 7 nitrogen and oxygen atoms in total. The molecule has 0 aliphatic carbocycles. The third-order valence-electron chi connectivity index (χ3n) is 4.31. The molecule has 4 N–H and O–H groups in total. The van der Waals surface area contributed by atoms with Crippen LogP contribution in [0.25, 0.3) is 0 Å². The summed E-state index contributed by atoms with van der Waals surface area (Å²) in [5.74, 6) is -1.97. The van der Waals surface area contributed by atoms with Crippen LogP contribution in [-0.2, 0) is 14.4 Å². The van der Waals surface area contributed by atoms with Gasteiger partial charge >= 0.3 is 5.97 Å². The van der Waals surface area contributed by atoms with Crippen LogP contribution in [0.3, 0.4) is 0 Å². The molecule has 2 amide bonds. The third kappa shape index (κ3) is 3.20. The average Bonchev–Trinajstić information content (AvgIpc) is 2.57. The molecule has 1 fully saturated rings. The molecule has 1 saturated heterocycles. The van der Waals surface area contributed by atoms with Crippen LogP contribution < -0.4 is 11.1 Å². The lowest BCUT2D eigenvalue weighted by Gasteiger charge is -2.48. The standard InChI is InChI=1S/C17H18ClN3O4S/c1-7-3-8(2)5-9(4-7)11(19)14(22)20-12-15(23)21-13(17(24)25)10(18)6-26-16(12)21/h3-5,11-12,16H,6,19H2,1-2H3,(H,20,22)(H,24,25)/t11?,12?,16-/m0/s1. The molecule has 0 aromatic heterocycles. The first-order chi connectivity index (χ1) is 12.2. The Bertz CT molecular complexity index is 821. The van der Waals surface area contributed by atoms with E-state index in [1.807, 2.05) is 32.0 Å². The van der Waals surface area contributed by atoms with Crippen molar-refractivity contribution in [2.45, 2.75) is 31.3 Å². The molecule has 0 radical (unpaired) electrons. The Morgan fingerprint density at radius 3 is 2.54 bits per heavy atom. The largest absolute Gasteiger partial charge is 0.477 e. The number of carbonyl (C=O) groups excluding carboxylic acids is 2. The zero-order valence-electron chi connectivity index (χ0n) is 14.2. The maximum absolute atomic E-state index is 12.5. The molecule has 138 valence electrons. The van der Waals surface area contributed by atoms with Gasteiger partial charge in [0.05, 0.1) is 5.03 Å². The molecule has 2 aliphatic heterocycles. The zero-order valence-corrected chi connectivity index (χ0v) is 15.7. The van der Waals surface area contributed by atoms with Crippen molar-refractivity contribution in [1.82, 2.24) is 10.2 Å². The predicted octanol–water partition coefficient (Wildman–Crippen LogP) is 1.24. The van der Waals surface area contributed by atoms with E-state index >= 15 is 0 Å². The molecule has 0 saturated carbocycles. The third-order valence-corrected chi connectivity index (χ3v) is 6.06. The Morgan fingerprint density at radius 1 is 1.35 bits per heavy atom. The highest BCUT2D eigenvalue weighted by Gasteiger charge is 2.54. The fraction of sp³-hybridized carbons (Fsp3) is 0.353. The predicted molar refractivity (Wildman–Crippen MR) is 98.4 cm³/mol. The Kier molecular flexibility index (Phi) is 5.01. The minimum absolute atomic E-state index is 0.115. The maximum Gasteiger partial charge on any atom is 0.353 e. The monoisotopic (exact) mass is 395 g/mol. The summed E-state index contributed by atoms with van der Waals surface area (Å²) in [6.07, 6.45) is 0. The number of halogens is 1. The molecule has 1 aromatic carbocycles. The lowest BCUT2D eigenvalue weighted by atomic mass is 10.00. The van der Waals surface area contributed by atoms with Crippen LogP contribution in [0.1, 0.15) is 22.7 Å². The topological polar surface area (TPSA) is 113 Å². The number of fused-ring (bicyclic) bond motifs is 1. The van der Waals surface area contributed by atoms with Crippen LogP contribution >= 0.6 is 23.4 Å². The molecule has 26 heavy (non-hydrogen) atoms. The molecule has 0 bridgehead atoms. The molecule has 0 spiro atoms. The van der Waals surface area contributed by atoms with Crippen molar-refractivity contribution in [2.75, 3.05) is 5.75 Å². The van der Waals surface area contributed by atoms with Gasteiger partial charge < -0.3 is 16.2 Å². The van der Waals surface area contributed by atoms with Crippen LogP contribution in [0.15, 0.2) is 28.9 Å². The van der Waals surface area contributed by atoms with Crippen LogP contribution in [0.4, 0.5) is 0 Å². The van der Waals surface area contributed by atoms with Gasteiger partial charge in [-0.05, 0) is 19.4 Å². The van der Waals surface area contributed by atoms with Gasteiger partial charge in [-0.1, -0.05) is 40.9 Å². The number of benzene rings is 1. The highest BCUT2D eigenvalue weighted by atomic mass is 35.5. The summed E-state index contributed by atoms with van der Waals surface area (Å²) in [7, 11) is 0. The number of thioether (sulfide) groups is 1. The van der Waals surface area contributed by atoms with Crippen molar-refractivity contribution in [3.05, 3.63) is 45.6 Å². The number of carboxylic acid groups (broad SMARTS) is 1. The Balaban J connectivity index is 1.73. The molecule has 2 heterocycles. The SMILES string of the molecule is Cc1cc(C)cc(C(N)C(=O)NC2C(=O)N3C(C(=O)O)=C(Cl)CS[C@@H]23)c1.